The van der Waals surface area contributed by atoms with Gasteiger partial charge in [-0.3, -0.25) is 0 Å². The van der Waals surface area contributed by atoms with Crippen molar-refractivity contribution < 1.29 is 27.8 Å². The van der Waals surface area contributed by atoms with Crippen LogP contribution in [0, 0.1) is 6.92 Å². The highest BCUT2D eigenvalue weighted by atomic mass is 19.4. The number of ether oxygens (including phenoxy) is 1. The average Bonchev–Trinajstić information content (AvgIpc) is 2.45. The molecule has 6 heteroatoms. The quantitative estimate of drug-likeness (QED) is 0.872. The van der Waals surface area contributed by atoms with Crippen molar-refractivity contribution >= 4 is 5.97 Å². The molecule has 0 unspecified atom stereocenters. The lowest BCUT2D eigenvalue weighted by Gasteiger charge is -2.21. The monoisotopic (exact) mass is 309 g/mol. The van der Waals surface area contributed by atoms with E-state index in [0.29, 0.717) is 5.56 Å². The molecule has 0 heterocycles. The first-order chi connectivity index (χ1) is 10.3. The Morgan fingerprint density at radius 3 is 2.32 bits per heavy atom. The molecule has 0 aliphatic heterocycles. The number of alkyl halides is 3. The van der Waals surface area contributed by atoms with Gasteiger partial charge in [-0.1, -0.05) is 35.9 Å². The Balaban J connectivity index is 2.29. The summed E-state index contributed by atoms with van der Waals surface area (Å²) in [5.74, 6) is -1.72. The molecular weight excluding hydrogens is 297 g/mol. The Morgan fingerprint density at radius 2 is 1.77 bits per heavy atom. The fourth-order valence-corrected chi connectivity index (χ4v) is 1.88. The number of carbonyl (C=O) groups is 1. The highest BCUT2D eigenvalue weighted by Crippen LogP contribution is 2.32. The normalized spacial score (nSPS) is 12.7. The summed E-state index contributed by atoms with van der Waals surface area (Å²) in [4.78, 5) is 11.2. The number of rotatable bonds is 4. The Hall–Kier alpha value is -2.50. The summed E-state index contributed by atoms with van der Waals surface area (Å²) < 4.78 is 43.1. The standard InChI is InChI=1S/C16H13F3O3/c1-10-5-7-11(8-6-10)14(15(20)21)22-13-4-2-3-12(9-13)16(17,18)19/h2-9,14H,1H3,(H,20,21)/p-1/t14-/m1/s1. The zero-order chi connectivity index (χ0) is 16.3. The van der Waals surface area contributed by atoms with Crippen molar-refractivity contribution in [3.63, 3.8) is 0 Å². The van der Waals surface area contributed by atoms with Crippen LogP contribution >= 0.6 is 0 Å². The van der Waals surface area contributed by atoms with Crippen LogP contribution in [-0.2, 0) is 11.0 Å². The van der Waals surface area contributed by atoms with Crippen LogP contribution < -0.4 is 9.84 Å². The lowest BCUT2D eigenvalue weighted by molar-refractivity contribution is -0.314. The minimum Gasteiger partial charge on any atom is -0.546 e. The Labute approximate surface area is 125 Å². The number of hydrogen-bond acceptors (Lipinski definition) is 3. The fraction of sp³-hybridized carbons (Fsp3) is 0.188. The predicted octanol–water partition coefficient (Wildman–Crippen LogP) is 2.88. The third kappa shape index (κ3) is 3.78. The van der Waals surface area contributed by atoms with Gasteiger partial charge in [-0.15, -0.1) is 0 Å². The van der Waals surface area contributed by atoms with E-state index in [9.17, 15) is 23.1 Å². The van der Waals surface area contributed by atoms with E-state index >= 15 is 0 Å². The number of benzene rings is 2. The van der Waals surface area contributed by atoms with Crippen molar-refractivity contribution in [2.75, 3.05) is 0 Å². The Kier molecular flexibility index (Phi) is 4.40. The van der Waals surface area contributed by atoms with Crippen molar-refractivity contribution in [2.24, 2.45) is 0 Å². The summed E-state index contributed by atoms with van der Waals surface area (Å²) in [6.45, 7) is 1.82. The maximum absolute atomic E-state index is 12.6. The first-order valence-corrected chi connectivity index (χ1v) is 6.39. The molecule has 0 aliphatic carbocycles. The largest absolute Gasteiger partial charge is 0.546 e. The molecule has 0 spiro atoms. The second-order valence-electron chi connectivity index (χ2n) is 4.75. The number of carbonyl (C=O) groups excluding carboxylic acids is 1. The van der Waals surface area contributed by atoms with Gasteiger partial charge in [0.2, 0.25) is 0 Å². The van der Waals surface area contributed by atoms with E-state index < -0.39 is 23.8 Å². The molecule has 0 fully saturated rings. The van der Waals surface area contributed by atoms with Crippen molar-refractivity contribution in [1.29, 1.82) is 0 Å². The summed E-state index contributed by atoms with van der Waals surface area (Å²) in [6, 6.07) is 10.5. The van der Waals surface area contributed by atoms with Gasteiger partial charge in [-0.05, 0) is 30.7 Å². The van der Waals surface area contributed by atoms with Crippen molar-refractivity contribution in [2.45, 2.75) is 19.2 Å². The van der Waals surface area contributed by atoms with E-state index in [1.54, 1.807) is 12.1 Å². The highest BCUT2D eigenvalue weighted by Gasteiger charge is 2.30. The SMILES string of the molecule is Cc1ccc([C@@H](Oc2cccc(C(F)(F)F)c2)C(=O)[O-])cc1. The molecular formula is C16H12F3O3-. The molecule has 0 amide bonds. The molecule has 0 aromatic heterocycles. The second kappa shape index (κ2) is 6.09. The number of aryl methyl sites for hydroxylation is 1. The summed E-state index contributed by atoms with van der Waals surface area (Å²) in [7, 11) is 0. The van der Waals surface area contributed by atoms with Crippen LogP contribution in [0.1, 0.15) is 22.8 Å². The third-order valence-electron chi connectivity index (χ3n) is 3.01. The number of aliphatic carboxylic acids is 1. The van der Waals surface area contributed by atoms with Crippen LogP contribution in [0.3, 0.4) is 0 Å². The van der Waals surface area contributed by atoms with Crippen molar-refractivity contribution in [3.8, 4) is 5.75 Å². The average molecular weight is 309 g/mol. The van der Waals surface area contributed by atoms with Gasteiger partial charge >= 0.3 is 6.18 Å². The van der Waals surface area contributed by atoms with Crippen molar-refractivity contribution in [1.82, 2.24) is 0 Å². The first kappa shape index (κ1) is 15.9. The fourth-order valence-electron chi connectivity index (χ4n) is 1.88. The van der Waals surface area contributed by atoms with E-state index in [0.717, 1.165) is 23.8 Å². The minimum atomic E-state index is -4.53. The second-order valence-corrected chi connectivity index (χ2v) is 4.75. The maximum Gasteiger partial charge on any atom is 0.416 e. The first-order valence-electron chi connectivity index (χ1n) is 6.39. The number of carboxylic acid groups (broad SMARTS) is 1. The molecule has 3 nitrogen and oxygen atoms in total. The molecule has 0 saturated carbocycles. The van der Waals surface area contributed by atoms with E-state index in [1.165, 1.54) is 18.2 Å². The minimum absolute atomic E-state index is 0.190. The van der Waals surface area contributed by atoms with Crippen LogP contribution in [-0.4, -0.2) is 5.97 Å². The van der Waals surface area contributed by atoms with E-state index in [4.69, 9.17) is 4.74 Å². The maximum atomic E-state index is 12.6. The van der Waals surface area contributed by atoms with Gasteiger partial charge < -0.3 is 14.6 Å². The van der Waals surface area contributed by atoms with Crippen LogP contribution in [0.5, 0.6) is 5.75 Å². The predicted molar refractivity (Wildman–Crippen MR) is 71.0 cm³/mol. The highest BCUT2D eigenvalue weighted by molar-refractivity contribution is 5.72. The van der Waals surface area contributed by atoms with E-state index in [-0.39, 0.29) is 5.75 Å². The van der Waals surface area contributed by atoms with Crippen LogP contribution in [0.15, 0.2) is 48.5 Å². The van der Waals surface area contributed by atoms with Crippen LogP contribution in [0.25, 0.3) is 0 Å². The topological polar surface area (TPSA) is 49.4 Å². The summed E-state index contributed by atoms with van der Waals surface area (Å²) in [5.41, 5.74) is 0.300. The smallest absolute Gasteiger partial charge is 0.416 e. The van der Waals surface area contributed by atoms with Crippen LogP contribution in [0.4, 0.5) is 13.2 Å². The molecule has 0 saturated heterocycles. The lowest BCUT2D eigenvalue weighted by Crippen LogP contribution is -2.33. The molecule has 0 aliphatic rings. The van der Waals surface area contributed by atoms with E-state index in [2.05, 4.69) is 0 Å². The zero-order valence-corrected chi connectivity index (χ0v) is 11.6. The molecule has 0 radical (unpaired) electrons. The van der Waals surface area contributed by atoms with Gasteiger partial charge in [-0.25, -0.2) is 0 Å². The summed E-state index contributed by atoms with van der Waals surface area (Å²) in [5, 5.41) is 11.2. The molecule has 116 valence electrons. The number of hydrogen-bond donors (Lipinski definition) is 0. The number of carboxylic acids is 1. The van der Waals surface area contributed by atoms with Crippen molar-refractivity contribution in [3.05, 3.63) is 65.2 Å². The number of halogens is 3. The van der Waals surface area contributed by atoms with Gasteiger partial charge in [0.15, 0.2) is 6.10 Å². The summed E-state index contributed by atoms with van der Waals surface area (Å²) in [6.07, 6.45) is -6.01. The van der Waals surface area contributed by atoms with Gasteiger partial charge in [0.25, 0.3) is 0 Å². The van der Waals surface area contributed by atoms with Gasteiger partial charge in [0, 0.05) is 0 Å². The molecule has 2 aromatic carbocycles. The molecule has 2 aromatic rings. The molecule has 22 heavy (non-hydrogen) atoms. The molecule has 0 N–H and O–H groups in total. The van der Waals surface area contributed by atoms with Gasteiger partial charge in [0.1, 0.15) is 5.75 Å². The van der Waals surface area contributed by atoms with E-state index in [1.807, 2.05) is 6.92 Å². The van der Waals surface area contributed by atoms with Gasteiger partial charge in [0.05, 0.1) is 11.5 Å². The summed E-state index contributed by atoms with van der Waals surface area (Å²) >= 11 is 0. The van der Waals surface area contributed by atoms with Gasteiger partial charge in [-0.2, -0.15) is 13.2 Å². The molecule has 2 rings (SSSR count). The Bertz CT molecular complexity index is 663. The zero-order valence-electron chi connectivity index (χ0n) is 11.6. The molecule has 1 atom stereocenters. The third-order valence-corrected chi connectivity index (χ3v) is 3.01. The Morgan fingerprint density at radius 1 is 1.14 bits per heavy atom. The lowest BCUT2D eigenvalue weighted by atomic mass is 10.1. The molecule has 0 bridgehead atoms. The van der Waals surface area contributed by atoms with Crippen LogP contribution in [0.2, 0.25) is 0 Å².